The van der Waals surface area contributed by atoms with Crippen molar-refractivity contribution in [2.45, 2.75) is 32.6 Å². The number of nitrogens with two attached hydrogens (primary N) is 1. The van der Waals surface area contributed by atoms with Gasteiger partial charge in [-0.1, -0.05) is 12.2 Å². The number of hydrogen-bond donors (Lipinski definition) is 1. The summed E-state index contributed by atoms with van der Waals surface area (Å²) >= 11 is 0. The summed E-state index contributed by atoms with van der Waals surface area (Å²) in [7, 11) is 0. The first kappa shape index (κ1) is 9.50. The van der Waals surface area contributed by atoms with Crippen molar-refractivity contribution in [2.24, 2.45) is 17.6 Å². The van der Waals surface area contributed by atoms with Crippen LogP contribution >= 0.6 is 0 Å². The lowest BCUT2D eigenvalue weighted by molar-refractivity contribution is -0.119. The molecule has 0 unspecified atom stereocenters. The molecule has 0 aromatic carbocycles. The lowest BCUT2D eigenvalue weighted by Gasteiger charge is -2.22. The van der Waals surface area contributed by atoms with Gasteiger partial charge in [-0.05, 0) is 38.5 Å². The number of allylic oxidation sites excluding steroid dienone is 4. The van der Waals surface area contributed by atoms with E-state index in [4.69, 9.17) is 5.73 Å². The highest BCUT2D eigenvalue weighted by Gasteiger charge is 2.34. The molecule has 0 aliphatic heterocycles. The van der Waals surface area contributed by atoms with Crippen LogP contribution in [0.4, 0.5) is 0 Å². The van der Waals surface area contributed by atoms with Crippen LogP contribution in [0.5, 0.6) is 0 Å². The Balaban J connectivity index is 2.42. The van der Waals surface area contributed by atoms with Gasteiger partial charge in [0.15, 0.2) is 5.78 Å². The standard InChI is InChI=1S/C12H17NO/c1-2-3-10-11(13)8-4-6-9(7-5-8)12(10)14/h2-3,8-9H,4-7,13H2,1H3/b3-2+. The number of Topliss-reactive ketones (excluding diaryl/α,β-unsaturated/α-hetero) is 1. The van der Waals surface area contributed by atoms with Crippen molar-refractivity contribution in [1.29, 1.82) is 0 Å². The minimum atomic E-state index is 0.249. The molecule has 2 N–H and O–H groups in total. The Bertz CT molecular complexity index is 306. The van der Waals surface area contributed by atoms with E-state index in [2.05, 4.69) is 0 Å². The molecule has 76 valence electrons. The minimum absolute atomic E-state index is 0.249. The van der Waals surface area contributed by atoms with Gasteiger partial charge in [-0.3, -0.25) is 4.79 Å². The Hall–Kier alpha value is -1.05. The lowest BCUT2D eigenvalue weighted by Crippen LogP contribution is -2.17. The molecule has 0 aromatic heterocycles. The zero-order valence-electron chi connectivity index (χ0n) is 8.62. The number of hydrogen-bond acceptors (Lipinski definition) is 2. The Kier molecular flexibility index (Phi) is 2.44. The minimum Gasteiger partial charge on any atom is -0.401 e. The second-order valence-electron chi connectivity index (χ2n) is 4.28. The molecule has 1 saturated carbocycles. The summed E-state index contributed by atoms with van der Waals surface area (Å²) in [6.07, 6.45) is 8.06. The zero-order chi connectivity index (χ0) is 10.1. The largest absolute Gasteiger partial charge is 0.401 e. The van der Waals surface area contributed by atoms with Crippen LogP contribution in [-0.4, -0.2) is 5.78 Å². The van der Waals surface area contributed by atoms with Gasteiger partial charge in [0.05, 0.1) is 0 Å². The average molecular weight is 191 g/mol. The number of fused-ring (bicyclic) bond motifs is 3. The SMILES string of the molecule is C/C=C/C1=C(N)C2CCC(CC2)C1=O. The van der Waals surface area contributed by atoms with Gasteiger partial charge in [-0.15, -0.1) is 0 Å². The fourth-order valence-electron chi connectivity index (χ4n) is 2.59. The maximum atomic E-state index is 12.0. The molecule has 1 fully saturated rings. The Morgan fingerprint density at radius 1 is 1.21 bits per heavy atom. The van der Waals surface area contributed by atoms with Gasteiger partial charge in [-0.25, -0.2) is 0 Å². The van der Waals surface area contributed by atoms with Crippen molar-refractivity contribution in [2.75, 3.05) is 0 Å². The first-order chi connectivity index (χ1) is 6.74. The second kappa shape index (κ2) is 3.60. The molecule has 0 aromatic rings. The quantitative estimate of drug-likeness (QED) is 0.690. The van der Waals surface area contributed by atoms with Crippen molar-refractivity contribution in [3.63, 3.8) is 0 Å². The van der Waals surface area contributed by atoms with Crippen LogP contribution in [0.15, 0.2) is 23.4 Å². The third-order valence-corrected chi connectivity index (χ3v) is 3.45. The molecule has 3 rings (SSSR count). The van der Waals surface area contributed by atoms with E-state index in [0.29, 0.717) is 5.92 Å². The van der Waals surface area contributed by atoms with Gasteiger partial charge in [0.25, 0.3) is 0 Å². The van der Waals surface area contributed by atoms with E-state index in [1.807, 2.05) is 19.1 Å². The molecular weight excluding hydrogens is 174 g/mol. The normalized spacial score (nSPS) is 32.8. The molecule has 2 heteroatoms. The van der Waals surface area contributed by atoms with Crippen molar-refractivity contribution < 1.29 is 4.79 Å². The topological polar surface area (TPSA) is 43.1 Å². The van der Waals surface area contributed by atoms with E-state index in [0.717, 1.165) is 37.0 Å². The number of carbonyl (C=O) groups is 1. The molecule has 3 aliphatic carbocycles. The predicted molar refractivity (Wildman–Crippen MR) is 56.5 cm³/mol. The van der Waals surface area contributed by atoms with E-state index in [9.17, 15) is 4.79 Å². The number of carbonyl (C=O) groups excluding carboxylic acids is 1. The van der Waals surface area contributed by atoms with E-state index >= 15 is 0 Å². The maximum Gasteiger partial charge on any atom is 0.167 e. The zero-order valence-corrected chi connectivity index (χ0v) is 8.62. The highest BCUT2D eigenvalue weighted by molar-refractivity contribution is 6.00. The van der Waals surface area contributed by atoms with Gasteiger partial charge in [0.1, 0.15) is 0 Å². The number of ketones is 1. The van der Waals surface area contributed by atoms with Gasteiger partial charge in [0.2, 0.25) is 0 Å². The smallest absolute Gasteiger partial charge is 0.167 e. The summed E-state index contributed by atoms with van der Waals surface area (Å²) in [4.78, 5) is 12.0. The molecule has 0 spiro atoms. The Morgan fingerprint density at radius 2 is 1.79 bits per heavy atom. The molecule has 2 bridgehead atoms. The van der Waals surface area contributed by atoms with Crippen LogP contribution in [-0.2, 0) is 4.79 Å². The third-order valence-electron chi connectivity index (χ3n) is 3.45. The van der Waals surface area contributed by atoms with Gasteiger partial charge in [-0.2, -0.15) is 0 Å². The maximum absolute atomic E-state index is 12.0. The fraction of sp³-hybridized carbons (Fsp3) is 0.583. The van der Waals surface area contributed by atoms with Crippen LogP contribution in [0.25, 0.3) is 0 Å². The summed E-state index contributed by atoms with van der Waals surface area (Å²) in [5.74, 6) is 0.989. The monoisotopic (exact) mass is 191 g/mol. The second-order valence-corrected chi connectivity index (χ2v) is 4.28. The molecule has 2 nitrogen and oxygen atoms in total. The first-order valence-electron chi connectivity index (χ1n) is 5.40. The summed E-state index contributed by atoms with van der Waals surface area (Å²) in [5, 5.41) is 0. The van der Waals surface area contributed by atoms with Crippen molar-refractivity contribution in [3.05, 3.63) is 23.4 Å². The third kappa shape index (κ3) is 1.39. The van der Waals surface area contributed by atoms with Crippen molar-refractivity contribution >= 4 is 5.78 Å². The molecule has 3 aliphatic rings. The van der Waals surface area contributed by atoms with Gasteiger partial charge < -0.3 is 5.73 Å². The highest BCUT2D eigenvalue weighted by Crippen LogP contribution is 2.38. The van der Waals surface area contributed by atoms with E-state index in [-0.39, 0.29) is 11.7 Å². The van der Waals surface area contributed by atoms with E-state index < -0.39 is 0 Å². The lowest BCUT2D eigenvalue weighted by atomic mass is 9.83. The number of rotatable bonds is 1. The molecule has 14 heavy (non-hydrogen) atoms. The van der Waals surface area contributed by atoms with Crippen LogP contribution in [0.3, 0.4) is 0 Å². The Morgan fingerprint density at radius 3 is 2.36 bits per heavy atom. The van der Waals surface area contributed by atoms with Gasteiger partial charge in [0, 0.05) is 17.2 Å². The molecule has 0 radical (unpaired) electrons. The fourth-order valence-corrected chi connectivity index (χ4v) is 2.59. The van der Waals surface area contributed by atoms with E-state index in [1.54, 1.807) is 0 Å². The van der Waals surface area contributed by atoms with Gasteiger partial charge >= 0.3 is 0 Å². The van der Waals surface area contributed by atoms with E-state index in [1.165, 1.54) is 0 Å². The van der Waals surface area contributed by atoms with Crippen molar-refractivity contribution in [3.8, 4) is 0 Å². The van der Waals surface area contributed by atoms with Crippen LogP contribution in [0.1, 0.15) is 32.6 Å². The molecule has 0 atom stereocenters. The summed E-state index contributed by atoms with van der Waals surface area (Å²) < 4.78 is 0. The molecule has 0 amide bonds. The summed E-state index contributed by atoms with van der Waals surface area (Å²) in [6, 6.07) is 0. The molecule has 0 saturated heterocycles. The predicted octanol–water partition coefficient (Wildman–Crippen LogP) is 2.16. The van der Waals surface area contributed by atoms with Crippen LogP contribution < -0.4 is 5.73 Å². The van der Waals surface area contributed by atoms with Crippen molar-refractivity contribution in [1.82, 2.24) is 0 Å². The van der Waals surface area contributed by atoms with Crippen LogP contribution in [0, 0.1) is 11.8 Å². The highest BCUT2D eigenvalue weighted by atomic mass is 16.1. The molecular formula is C12H17NO. The van der Waals surface area contributed by atoms with Crippen LogP contribution in [0.2, 0.25) is 0 Å². The molecule has 0 heterocycles. The summed E-state index contributed by atoms with van der Waals surface area (Å²) in [6.45, 7) is 1.93. The Labute approximate surface area is 84.9 Å². The average Bonchev–Trinajstić information content (AvgIpc) is 2.39. The first-order valence-corrected chi connectivity index (χ1v) is 5.40. The summed E-state index contributed by atoms with van der Waals surface area (Å²) in [5.41, 5.74) is 7.67.